The van der Waals surface area contributed by atoms with Gasteiger partial charge in [-0.3, -0.25) is 0 Å². The molecule has 1 aromatic rings. The maximum absolute atomic E-state index is 9.79. The van der Waals surface area contributed by atoms with Crippen LogP contribution in [0.5, 0.6) is 0 Å². The number of nitrogens with one attached hydrogen (secondary N) is 1. The second kappa shape index (κ2) is 4.98. The standard InChI is InChI=1S/C14H21NO/c1-10-6-3-4-7-12(10)11(2)15-13-8-5-9-14(13)16/h3-4,6-7,11,13-16H,5,8-9H2,1-2H3/t11-,13-,14-/m0/s1. The van der Waals surface area contributed by atoms with E-state index in [1.54, 1.807) is 0 Å². The van der Waals surface area contributed by atoms with Gasteiger partial charge in [0.05, 0.1) is 6.10 Å². The van der Waals surface area contributed by atoms with Crippen molar-refractivity contribution in [1.29, 1.82) is 0 Å². The number of rotatable bonds is 3. The summed E-state index contributed by atoms with van der Waals surface area (Å²) in [4.78, 5) is 0. The summed E-state index contributed by atoms with van der Waals surface area (Å²) < 4.78 is 0. The number of aryl methyl sites for hydroxylation is 1. The molecule has 3 atom stereocenters. The van der Waals surface area contributed by atoms with Crippen LogP contribution in [-0.2, 0) is 0 Å². The third kappa shape index (κ3) is 2.45. The first-order valence-electron chi connectivity index (χ1n) is 6.18. The summed E-state index contributed by atoms with van der Waals surface area (Å²) in [7, 11) is 0. The second-order valence-electron chi connectivity index (χ2n) is 4.85. The minimum Gasteiger partial charge on any atom is -0.392 e. The fourth-order valence-electron chi connectivity index (χ4n) is 2.62. The summed E-state index contributed by atoms with van der Waals surface area (Å²) in [5.41, 5.74) is 2.65. The van der Waals surface area contributed by atoms with Crippen LogP contribution in [0.4, 0.5) is 0 Å². The van der Waals surface area contributed by atoms with Crippen LogP contribution < -0.4 is 5.32 Å². The molecule has 0 spiro atoms. The van der Waals surface area contributed by atoms with Crippen LogP contribution in [0.15, 0.2) is 24.3 Å². The Morgan fingerprint density at radius 3 is 2.69 bits per heavy atom. The van der Waals surface area contributed by atoms with Gasteiger partial charge in [0, 0.05) is 12.1 Å². The third-order valence-electron chi connectivity index (χ3n) is 3.60. The van der Waals surface area contributed by atoms with Crippen molar-refractivity contribution in [3.8, 4) is 0 Å². The largest absolute Gasteiger partial charge is 0.392 e. The summed E-state index contributed by atoms with van der Waals surface area (Å²) in [5.74, 6) is 0. The van der Waals surface area contributed by atoms with Gasteiger partial charge in [-0.1, -0.05) is 24.3 Å². The average Bonchev–Trinajstić information content (AvgIpc) is 2.65. The number of hydrogen-bond donors (Lipinski definition) is 2. The molecule has 88 valence electrons. The molecule has 2 heteroatoms. The molecule has 0 amide bonds. The van der Waals surface area contributed by atoms with Gasteiger partial charge in [-0.2, -0.15) is 0 Å². The Balaban J connectivity index is 2.03. The Kier molecular flexibility index (Phi) is 3.62. The summed E-state index contributed by atoms with van der Waals surface area (Å²) in [6, 6.07) is 9.03. The second-order valence-corrected chi connectivity index (χ2v) is 4.85. The highest BCUT2D eigenvalue weighted by atomic mass is 16.3. The quantitative estimate of drug-likeness (QED) is 0.819. The first-order chi connectivity index (χ1) is 7.68. The Morgan fingerprint density at radius 1 is 1.31 bits per heavy atom. The SMILES string of the molecule is Cc1ccccc1[C@H](C)N[C@H]1CCC[C@@H]1O. The number of aliphatic hydroxyl groups is 1. The molecule has 0 heterocycles. The molecule has 2 N–H and O–H groups in total. The van der Waals surface area contributed by atoms with Gasteiger partial charge in [0.15, 0.2) is 0 Å². The number of hydrogen-bond acceptors (Lipinski definition) is 2. The van der Waals surface area contributed by atoms with Crippen molar-refractivity contribution < 1.29 is 5.11 Å². The highest BCUT2D eigenvalue weighted by molar-refractivity contribution is 5.28. The lowest BCUT2D eigenvalue weighted by atomic mass is 10.0. The molecule has 16 heavy (non-hydrogen) atoms. The molecule has 0 bridgehead atoms. The van der Waals surface area contributed by atoms with Crippen molar-refractivity contribution in [3.05, 3.63) is 35.4 Å². The van der Waals surface area contributed by atoms with Crippen LogP contribution in [-0.4, -0.2) is 17.3 Å². The summed E-state index contributed by atoms with van der Waals surface area (Å²) in [6.45, 7) is 4.31. The van der Waals surface area contributed by atoms with Crippen LogP contribution in [0.25, 0.3) is 0 Å². The number of aliphatic hydroxyl groups excluding tert-OH is 1. The monoisotopic (exact) mass is 219 g/mol. The van der Waals surface area contributed by atoms with E-state index in [0.29, 0.717) is 6.04 Å². The van der Waals surface area contributed by atoms with E-state index >= 15 is 0 Å². The molecule has 1 aliphatic carbocycles. The molecule has 0 aromatic heterocycles. The average molecular weight is 219 g/mol. The predicted molar refractivity (Wildman–Crippen MR) is 66.4 cm³/mol. The lowest BCUT2D eigenvalue weighted by Crippen LogP contribution is -2.37. The van der Waals surface area contributed by atoms with Crippen molar-refractivity contribution in [1.82, 2.24) is 5.32 Å². The Morgan fingerprint density at radius 2 is 2.06 bits per heavy atom. The van der Waals surface area contributed by atoms with Gasteiger partial charge in [0.2, 0.25) is 0 Å². The smallest absolute Gasteiger partial charge is 0.0693 e. The van der Waals surface area contributed by atoms with E-state index in [1.165, 1.54) is 11.1 Å². The molecular formula is C14H21NO. The van der Waals surface area contributed by atoms with E-state index in [4.69, 9.17) is 0 Å². The van der Waals surface area contributed by atoms with Crippen LogP contribution in [0.2, 0.25) is 0 Å². The molecule has 0 saturated heterocycles. The van der Waals surface area contributed by atoms with Gasteiger partial charge < -0.3 is 10.4 Å². The minimum atomic E-state index is -0.161. The first-order valence-corrected chi connectivity index (χ1v) is 6.18. The topological polar surface area (TPSA) is 32.3 Å². The highest BCUT2D eigenvalue weighted by Gasteiger charge is 2.26. The maximum Gasteiger partial charge on any atom is 0.0693 e. The van der Waals surface area contributed by atoms with Gasteiger partial charge >= 0.3 is 0 Å². The molecule has 1 fully saturated rings. The van der Waals surface area contributed by atoms with Gasteiger partial charge in [0.25, 0.3) is 0 Å². The zero-order valence-corrected chi connectivity index (χ0v) is 10.1. The molecule has 2 nitrogen and oxygen atoms in total. The molecule has 1 saturated carbocycles. The Labute approximate surface area is 97.7 Å². The van der Waals surface area contributed by atoms with E-state index in [2.05, 4.69) is 43.4 Å². The van der Waals surface area contributed by atoms with Crippen molar-refractivity contribution >= 4 is 0 Å². The Bertz CT molecular complexity index is 350. The molecule has 0 aliphatic heterocycles. The predicted octanol–water partition coefficient (Wildman–Crippen LogP) is 2.56. The van der Waals surface area contributed by atoms with E-state index in [9.17, 15) is 5.11 Å². The van der Waals surface area contributed by atoms with Gasteiger partial charge in [-0.25, -0.2) is 0 Å². The van der Waals surface area contributed by atoms with Crippen molar-refractivity contribution in [3.63, 3.8) is 0 Å². The van der Waals surface area contributed by atoms with Crippen LogP contribution in [0.3, 0.4) is 0 Å². The molecular weight excluding hydrogens is 198 g/mol. The lowest BCUT2D eigenvalue weighted by Gasteiger charge is -2.23. The van der Waals surface area contributed by atoms with Gasteiger partial charge in [-0.15, -0.1) is 0 Å². The van der Waals surface area contributed by atoms with Gasteiger partial charge in [0.1, 0.15) is 0 Å². The molecule has 0 radical (unpaired) electrons. The van der Waals surface area contributed by atoms with Crippen molar-refractivity contribution in [2.75, 3.05) is 0 Å². The van der Waals surface area contributed by atoms with E-state index in [1.807, 2.05) is 0 Å². The van der Waals surface area contributed by atoms with Gasteiger partial charge in [-0.05, 0) is 44.2 Å². The fraction of sp³-hybridized carbons (Fsp3) is 0.571. The van der Waals surface area contributed by atoms with Crippen LogP contribution in [0, 0.1) is 6.92 Å². The molecule has 1 aromatic carbocycles. The summed E-state index contributed by atoms with van der Waals surface area (Å²) in [5, 5.41) is 13.3. The van der Waals surface area contributed by atoms with Crippen LogP contribution in [0.1, 0.15) is 43.4 Å². The zero-order valence-electron chi connectivity index (χ0n) is 10.1. The van der Waals surface area contributed by atoms with E-state index in [0.717, 1.165) is 19.3 Å². The first kappa shape index (κ1) is 11.6. The molecule has 2 rings (SSSR count). The van der Waals surface area contributed by atoms with E-state index < -0.39 is 0 Å². The van der Waals surface area contributed by atoms with E-state index in [-0.39, 0.29) is 12.1 Å². The summed E-state index contributed by atoms with van der Waals surface area (Å²) in [6.07, 6.45) is 3.01. The van der Waals surface area contributed by atoms with Crippen molar-refractivity contribution in [2.45, 2.75) is 51.3 Å². The fourth-order valence-corrected chi connectivity index (χ4v) is 2.62. The molecule has 0 unspecified atom stereocenters. The van der Waals surface area contributed by atoms with Crippen molar-refractivity contribution in [2.24, 2.45) is 0 Å². The number of benzene rings is 1. The zero-order chi connectivity index (χ0) is 11.5. The normalized spacial score (nSPS) is 26.9. The highest BCUT2D eigenvalue weighted by Crippen LogP contribution is 2.23. The summed E-state index contributed by atoms with van der Waals surface area (Å²) >= 11 is 0. The third-order valence-corrected chi connectivity index (χ3v) is 3.60. The lowest BCUT2D eigenvalue weighted by molar-refractivity contribution is 0.144. The molecule has 1 aliphatic rings. The maximum atomic E-state index is 9.79. The Hall–Kier alpha value is -0.860. The minimum absolute atomic E-state index is 0.161. The van der Waals surface area contributed by atoms with Crippen LogP contribution >= 0.6 is 0 Å².